The third-order valence-electron chi connectivity index (χ3n) is 7.81. The van der Waals surface area contributed by atoms with Crippen molar-refractivity contribution in [3.8, 4) is 0 Å². The van der Waals surface area contributed by atoms with Gasteiger partial charge in [-0.15, -0.1) is 0 Å². The summed E-state index contributed by atoms with van der Waals surface area (Å²) in [4.78, 5) is 9.92. The molecule has 0 radical (unpaired) electrons. The van der Waals surface area contributed by atoms with Gasteiger partial charge < -0.3 is 20.1 Å². The van der Waals surface area contributed by atoms with Crippen LogP contribution >= 0.6 is 32.3 Å². The fraction of sp³-hybridized carbons (Fsp3) is 0.838. The van der Waals surface area contributed by atoms with E-state index in [2.05, 4.69) is 38.2 Å². The lowest BCUT2D eigenvalue weighted by Gasteiger charge is -2.21. The second-order valence-corrected chi connectivity index (χ2v) is 14.8. The molecule has 0 fully saturated rings. The number of hydrogen-bond acceptors (Lipinski definition) is 8. The number of ether oxygens (including phenoxy) is 2. The summed E-state index contributed by atoms with van der Waals surface area (Å²) < 4.78 is 33.9. The molecule has 0 aromatic heterocycles. The quantitative estimate of drug-likeness (QED) is 0.0287. The number of hydrogen-bond donors (Lipinski definition) is 2. The van der Waals surface area contributed by atoms with E-state index in [4.69, 9.17) is 48.7 Å². The van der Waals surface area contributed by atoms with Crippen molar-refractivity contribution in [3.63, 3.8) is 0 Å². The van der Waals surface area contributed by atoms with Crippen molar-refractivity contribution < 1.29 is 28.0 Å². The first-order chi connectivity index (χ1) is 22.8. The predicted molar refractivity (Wildman–Crippen MR) is 207 cm³/mol. The normalized spacial score (nSPS) is 13.7. The molecule has 0 aliphatic heterocycles. The maximum atomic E-state index is 12.2. The zero-order chi connectivity index (χ0) is 34.7. The lowest BCUT2D eigenvalue weighted by molar-refractivity contribution is 0.0491. The first kappa shape index (κ1) is 46.3. The van der Waals surface area contributed by atoms with Crippen LogP contribution in [0.15, 0.2) is 24.3 Å². The minimum atomic E-state index is -4.25. The molecule has 10 heteroatoms. The molecule has 47 heavy (non-hydrogen) atoms. The topological polar surface area (TPSA) is 100 Å². The van der Waals surface area contributed by atoms with Crippen LogP contribution in [0.4, 0.5) is 0 Å². The van der Waals surface area contributed by atoms with Gasteiger partial charge in [0.2, 0.25) is 0 Å². The summed E-state index contributed by atoms with van der Waals surface area (Å²) in [5, 5.41) is 0.946. The van der Waals surface area contributed by atoms with Crippen molar-refractivity contribution in [1.82, 2.24) is 0 Å². The van der Waals surface area contributed by atoms with Gasteiger partial charge in [0.15, 0.2) is 16.2 Å². The van der Waals surface area contributed by atoms with E-state index in [-0.39, 0.29) is 26.4 Å². The molecule has 0 aliphatic rings. The zero-order valence-corrected chi connectivity index (χ0v) is 32.5. The first-order valence-electron chi connectivity index (χ1n) is 18.8. The monoisotopic (exact) mass is 719 g/mol. The van der Waals surface area contributed by atoms with Gasteiger partial charge in [-0.3, -0.25) is 9.05 Å². The van der Waals surface area contributed by atoms with Crippen LogP contribution < -0.4 is 5.73 Å². The highest BCUT2D eigenvalue weighted by atomic mass is 32.1. The SMILES string of the molecule is CCCCCCCC=CCCCCCCC(=S)OC[C@H](COP(=O)(O)OCCN)OC(=S)CCCCCCC=CCCCCCCC. The average molecular weight is 720 g/mol. The van der Waals surface area contributed by atoms with Crippen molar-refractivity contribution in [1.29, 1.82) is 0 Å². The van der Waals surface area contributed by atoms with Gasteiger partial charge in [0.25, 0.3) is 0 Å². The first-order valence-corrected chi connectivity index (χ1v) is 21.1. The molecular formula is C37H70NO6PS2. The highest BCUT2D eigenvalue weighted by Gasteiger charge is 2.25. The van der Waals surface area contributed by atoms with Crippen LogP contribution in [-0.2, 0) is 23.1 Å². The van der Waals surface area contributed by atoms with Gasteiger partial charge >= 0.3 is 7.82 Å². The maximum absolute atomic E-state index is 12.2. The fourth-order valence-corrected chi connectivity index (χ4v) is 6.23. The summed E-state index contributed by atoms with van der Waals surface area (Å²) in [6.45, 7) is 4.41. The van der Waals surface area contributed by atoms with E-state index >= 15 is 0 Å². The Morgan fingerprint density at radius 2 is 1.06 bits per heavy atom. The van der Waals surface area contributed by atoms with Crippen molar-refractivity contribution in [2.45, 2.75) is 174 Å². The average Bonchev–Trinajstić information content (AvgIpc) is 3.05. The Kier molecular flexibility index (Phi) is 34.7. The van der Waals surface area contributed by atoms with E-state index in [9.17, 15) is 9.46 Å². The second kappa shape index (κ2) is 35.2. The number of thiocarbonyl (C=S) groups is 2. The van der Waals surface area contributed by atoms with Crippen molar-refractivity contribution >= 4 is 42.4 Å². The molecule has 0 rings (SSSR count). The standard InChI is InChI=1S/C37H70NO6PS2/c1-3-5-7-9-11-13-15-17-19-21-23-25-27-29-36(46)41-33-35(34-43-45(39,40)42-32-31-38)44-37(47)30-28-26-24-22-20-18-16-14-12-10-8-6-4-2/h15-18,35H,3-14,19-34,38H2,1-2H3,(H,39,40)/t35-/m1/s1. The van der Waals surface area contributed by atoms with Crippen molar-refractivity contribution in [2.75, 3.05) is 26.4 Å². The molecule has 1 unspecified atom stereocenters. The minimum absolute atomic E-state index is 0.0808. The van der Waals surface area contributed by atoms with Crippen molar-refractivity contribution in [2.24, 2.45) is 5.73 Å². The van der Waals surface area contributed by atoms with E-state index in [1.54, 1.807) is 0 Å². The van der Waals surface area contributed by atoms with Crippen LogP contribution in [0.2, 0.25) is 0 Å². The van der Waals surface area contributed by atoms with Gasteiger partial charge in [-0.05, 0) is 88.6 Å². The molecule has 0 saturated carbocycles. The van der Waals surface area contributed by atoms with E-state index < -0.39 is 13.9 Å². The molecule has 0 aromatic carbocycles. The Morgan fingerprint density at radius 1 is 0.638 bits per heavy atom. The molecule has 276 valence electrons. The van der Waals surface area contributed by atoms with Crippen LogP contribution in [0, 0.1) is 0 Å². The number of phosphoric acid groups is 1. The Hall–Kier alpha value is -0.670. The van der Waals surface area contributed by atoms with Crippen LogP contribution in [0.5, 0.6) is 0 Å². The van der Waals surface area contributed by atoms with Gasteiger partial charge in [-0.2, -0.15) is 0 Å². The Balaban J connectivity index is 4.27. The predicted octanol–water partition coefficient (Wildman–Crippen LogP) is 11.6. The summed E-state index contributed by atoms with van der Waals surface area (Å²) >= 11 is 10.9. The van der Waals surface area contributed by atoms with Crippen LogP contribution in [0.25, 0.3) is 0 Å². The van der Waals surface area contributed by atoms with Gasteiger partial charge in [0.1, 0.15) is 6.61 Å². The van der Waals surface area contributed by atoms with E-state index in [0.29, 0.717) is 22.9 Å². The molecule has 0 bridgehead atoms. The zero-order valence-electron chi connectivity index (χ0n) is 30.0. The number of phosphoric ester groups is 1. The molecule has 0 aromatic rings. The van der Waals surface area contributed by atoms with Gasteiger partial charge in [-0.25, -0.2) is 4.57 Å². The van der Waals surface area contributed by atoms with Crippen LogP contribution in [0.1, 0.15) is 168 Å². The van der Waals surface area contributed by atoms with E-state index in [1.807, 2.05) is 0 Å². The number of unbranched alkanes of at least 4 members (excludes halogenated alkanes) is 18. The minimum Gasteiger partial charge on any atom is -0.483 e. The largest absolute Gasteiger partial charge is 0.483 e. The lowest BCUT2D eigenvalue weighted by Crippen LogP contribution is -2.29. The Labute approximate surface area is 299 Å². The van der Waals surface area contributed by atoms with Gasteiger partial charge in [0, 0.05) is 19.4 Å². The molecule has 3 N–H and O–H groups in total. The molecule has 0 heterocycles. The number of allylic oxidation sites excluding steroid dienone is 4. The summed E-state index contributed by atoms with van der Waals surface area (Å²) in [7, 11) is -4.25. The lowest BCUT2D eigenvalue weighted by atomic mass is 10.1. The molecule has 7 nitrogen and oxygen atoms in total. The third-order valence-corrected chi connectivity index (χ3v) is 9.42. The smallest absolute Gasteiger partial charge is 0.472 e. The van der Waals surface area contributed by atoms with Gasteiger partial charge in [0.05, 0.1) is 13.2 Å². The fourth-order valence-electron chi connectivity index (χ4n) is 4.97. The maximum Gasteiger partial charge on any atom is 0.472 e. The van der Waals surface area contributed by atoms with Crippen molar-refractivity contribution in [3.05, 3.63) is 24.3 Å². The second-order valence-electron chi connectivity index (χ2n) is 12.4. The van der Waals surface area contributed by atoms with E-state index in [0.717, 1.165) is 44.9 Å². The highest BCUT2D eigenvalue weighted by molar-refractivity contribution is 7.80. The highest BCUT2D eigenvalue weighted by Crippen LogP contribution is 2.43. The molecular weight excluding hydrogens is 650 g/mol. The molecule has 0 aliphatic carbocycles. The number of nitrogens with two attached hydrogens (primary N) is 1. The summed E-state index contributed by atoms with van der Waals surface area (Å²) in [5.74, 6) is 0. The number of rotatable bonds is 35. The molecule has 2 atom stereocenters. The Morgan fingerprint density at radius 3 is 1.51 bits per heavy atom. The van der Waals surface area contributed by atoms with Crippen LogP contribution in [-0.4, -0.2) is 47.5 Å². The Bertz CT molecular complexity index is 842. The van der Waals surface area contributed by atoms with Gasteiger partial charge in [-0.1, -0.05) is 115 Å². The summed E-state index contributed by atoms with van der Waals surface area (Å²) in [6.07, 6.45) is 36.6. The van der Waals surface area contributed by atoms with E-state index in [1.165, 1.54) is 96.3 Å². The molecule has 0 saturated heterocycles. The van der Waals surface area contributed by atoms with Crippen LogP contribution in [0.3, 0.4) is 0 Å². The summed E-state index contributed by atoms with van der Waals surface area (Å²) in [5.41, 5.74) is 5.37. The third kappa shape index (κ3) is 35.0. The summed E-state index contributed by atoms with van der Waals surface area (Å²) in [6, 6.07) is 0. The molecule has 0 spiro atoms. The molecule has 0 amide bonds.